The molecular weight excluding hydrogens is 271 g/mol. The molecule has 5 nitrogen and oxygen atoms in total. The lowest BCUT2D eigenvalue weighted by Crippen LogP contribution is -2.47. The molecule has 0 aromatic heterocycles. The highest BCUT2D eigenvalue weighted by atomic mass is 16.5. The van der Waals surface area contributed by atoms with Gasteiger partial charge in [0.1, 0.15) is 11.9 Å². The van der Waals surface area contributed by atoms with Gasteiger partial charge in [0.15, 0.2) is 0 Å². The van der Waals surface area contributed by atoms with E-state index >= 15 is 0 Å². The van der Waals surface area contributed by atoms with Gasteiger partial charge in [-0.2, -0.15) is 0 Å². The molecule has 1 unspecified atom stereocenters. The smallest absolute Gasteiger partial charge is 0.488 e. The third kappa shape index (κ3) is 3.58. The average Bonchev–Trinajstić information content (AvgIpc) is 2.48. The second kappa shape index (κ2) is 6.36. The van der Waals surface area contributed by atoms with Crippen molar-refractivity contribution in [1.29, 1.82) is 0 Å². The van der Waals surface area contributed by atoms with Gasteiger partial charge < -0.3 is 24.3 Å². The predicted molar refractivity (Wildman–Crippen MR) is 78.7 cm³/mol. The van der Waals surface area contributed by atoms with E-state index in [-0.39, 0.29) is 11.7 Å². The third-order valence-electron chi connectivity index (χ3n) is 4.31. The van der Waals surface area contributed by atoms with Crippen molar-refractivity contribution in [2.45, 2.75) is 37.4 Å². The molecule has 1 aromatic rings. The van der Waals surface area contributed by atoms with Crippen molar-refractivity contribution < 1.29 is 24.3 Å². The summed E-state index contributed by atoms with van der Waals surface area (Å²) in [5.41, 5.74) is 0.343. The molecule has 2 heterocycles. The zero-order valence-electron chi connectivity index (χ0n) is 12.0. The molecule has 0 amide bonds. The molecule has 21 heavy (non-hydrogen) atoms. The van der Waals surface area contributed by atoms with Crippen LogP contribution in [0.5, 0.6) is 5.75 Å². The van der Waals surface area contributed by atoms with E-state index in [0.717, 1.165) is 38.9 Å². The molecule has 2 aliphatic rings. The highest BCUT2D eigenvalue weighted by Crippen LogP contribution is 2.35. The summed E-state index contributed by atoms with van der Waals surface area (Å²) in [7, 11) is -1.47. The number of rotatable bonds is 3. The van der Waals surface area contributed by atoms with Crippen molar-refractivity contribution in [3.8, 4) is 5.75 Å². The molecule has 2 N–H and O–H groups in total. The van der Waals surface area contributed by atoms with Crippen LogP contribution in [0.3, 0.4) is 0 Å². The molecule has 6 heteroatoms. The van der Waals surface area contributed by atoms with E-state index in [1.54, 1.807) is 18.2 Å². The molecule has 0 aliphatic carbocycles. The molecule has 3 rings (SSSR count). The lowest BCUT2D eigenvalue weighted by Gasteiger charge is -2.43. The zero-order chi connectivity index (χ0) is 14.7. The first kappa shape index (κ1) is 14.8. The van der Waals surface area contributed by atoms with Crippen LogP contribution in [0.2, 0.25) is 0 Å². The fourth-order valence-corrected chi connectivity index (χ4v) is 3.12. The summed E-state index contributed by atoms with van der Waals surface area (Å²) in [5, 5.41) is 18.4. The van der Waals surface area contributed by atoms with Crippen LogP contribution in [-0.2, 0) is 9.47 Å². The number of hydrogen-bond acceptors (Lipinski definition) is 5. The Labute approximate surface area is 125 Å². The van der Waals surface area contributed by atoms with Crippen LogP contribution in [0.15, 0.2) is 24.3 Å². The second-order valence-electron chi connectivity index (χ2n) is 5.82. The summed E-state index contributed by atoms with van der Waals surface area (Å²) in [6, 6.07) is 6.96. The minimum absolute atomic E-state index is 0.0999. The summed E-state index contributed by atoms with van der Waals surface area (Å²) in [5.74, 6) is 0.676. The van der Waals surface area contributed by atoms with Crippen molar-refractivity contribution in [1.82, 2.24) is 0 Å². The van der Waals surface area contributed by atoms with Gasteiger partial charge >= 0.3 is 7.12 Å². The van der Waals surface area contributed by atoms with E-state index < -0.39 is 7.12 Å². The van der Waals surface area contributed by atoms with Gasteiger partial charge in [0, 0.05) is 26.1 Å². The summed E-state index contributed by atoms with van der Waals surface area (Å²) >= 11 is 0. The molecule has 114 valence electrons. The Hall–Kier alpha value is -1.08. The van der Waals surface area contributed by atoms with Crippen LogP contribution < -0.4 is 10.2 Å². The predicted octanol–water partition coefficient (Wildman–Crippen LogP) is 0.473. The normalized spacial score (nSPS) is 24.8. The fourth-order valence-electron chi connectivity index (χ4n) is 3.12. The van der Waals surface area contributed by atoms with Crippen LogP contribution >= 0.6 is 0 Å². The Morgan fingerprint density at radius 1 is 1.19 bits per heavy atom. The van der Waals surface area contributed by atoms with Crippen molar-refractivity contribution in [3.63, 3.8) is 0 Å². The molecule has 1 aromatic carbocycles. The monoisotopic (exact) mass is 292 g/mol. The maximum absolute atomic E-state index is 9.22. The van der Waals surface area contributed by atoms with E-state index in [2.05, 4.69) is 0 Å². The third-order valence-corrected chi connectivity index (χ3v) is 4.31. The van der Waals surface area contributed by atoms with Crippen molar-refractivity contribution in [2.75, 3.05) is 19.8 Å². The highest BCUT2D eigenvalue weighted by Gasteiger charge is 2.39. The van der Waals surface area contributed by atoms with Crippen LogP contribution in [-0.4, -0.2) is 48.7 Å². The molecule has 2 aliphatic heterocycles. The molecule has 0 saturated carbocycles. The summed E-state index contributed by atoms with van der Waals surface area (Å²) in [6.45, 7) is 2.20. The van der Waals surface area contributed by atoms with Gasteiger partial charge in [0.25, 0.3) is 0 Å². The number of ether oxygens (including phenoxy) is 3. The maximum Gasteiger partial charge on any atom is 0.488 e. The fraction of sp³-hybridized carbons (Fsp3) is 0.600. The van der Waals surface area contributed by atoms with E-state index in [4.69, 9.17) is 14.2 Å². The van der Waals surface area contributed by atoms with Gasteiger partial charge in [-0.3, -0.25) is 0 Å². The Morgan fingerprint density at radius 2 is 2.00 bits per heavy atom. The van der Waals surface area contributed by atoms with E-state index in [1.807, 2.05) is 6.07 Å². The van der Waals surface area contributed by atoms with Gasteiger partial charge in [-0.15, -0.1) is 0 Å². The first-order valence-corrected chi connectivity index (χ1v) is 7.51. The molecule has 0 radical (unpaired) electrons. The van der Waals surface area contributed by atoms with Gasteiger partial charge in [-0.1, -0.05) is 12.1 Å². The number of hydrogen-bond donors (Lipinski definition) is 2. The Morgan fingerprint density at radius 3 is 2.76 bits per heavy atom. The van der Waals surface area contributed by atoms with Gasteiger partial charge in [0.05, 0.1) is 12.2 Å². The SMILES string of the molecule is OB(O)c1cccc(OC2CCOC3(CCOCC3)C2)c1. The molecular formula is C15H21BO5. The van der Waals surface area contributed by atoms with Crippen LogP contribution in [0.4, 0.5) is 0 Å². The topological polar surface area (TPSA) is 68.2 Å². The number of benzene rings is 1. The molecule has 1 atom stereocenters. The first-order chi connectivity index (χ1) is 10.2. The molecule has 0 bridgehead atoms. The van der Waals surface area contributed by atoms with Gasteiger partial charge in [-0.25, -0.2) is 0 Å². The quantitative estimate of drug-likeness (QED) is 0.793. The van der Waals surface area contributed by atoms with Crippen molar-refractivity contribution >= 4 is 12.6 Å². The highest BCUT2D eigenvalue weighted by molar-refractivity contribution is 6.58. The molecule has 2 fully saturated rings. The van der Waals surface area contributed by atoms with Crippen molar-refractivity contribution in [3.05, 3.63) is 24.3 Å². The molecule has 2 saturated heterocycles. The minimum atomic E-state index is -1.47. The van der Waals surface area contributed by atoms with Crippen LogP contribution in [0.25, 0.3) is 0 Å². The largest absolute Gasteiger partial charge is 0.490 e. The lowest BCUT2D eigenvalue weighted by atomic mass is 9.80. The summed E-state index contributed by atoms with van der Waals surface area (Å²) in [4.78, 5) is 0. The average molecular weight is 292 g/mol. The Balaban J connectivity index is 1.65. The van der Waals surface area contributed by atoms with Crippen molar-refractivity contribution in [2.24, 2.45) is 0 Å². The molecule has 1 spiro atoms. The second-order valence-corrected chi connectivity index (χ2v) is 5.82. The first-order valence-electron chi connectivity index (χ1n) is 7.51. The summed E-state index contributed by atoms with van der Waals surface area (Å²) in [6.07, 6.45) is 3.66. The van der Waals surface area contributed by atoms with E-state index in [9.17, 15) is 10.0 Å². The van der Waals surface area contributed by atoms with E-state index in [0.29, 0.717) is 17.8 Å². The van der Waals surface area contributed by atoms with Gasteiger partial charge in [-0.05, 0) is 30.4 Å². The standard InChI is InChI=1S/C15H21BO5/c17-16(18)12-2-1-3-13(10-12)21-14-4-7-20-15(11-14)5-8-19-9-6-15/h1-3,10,14,17-18H,4-9,11H2. The maximum atomic E-state index is 9.22. The Kier molecular flexibility index (Phi) is 4.49. The lowest BCUT2D eigenvalue weighted by molar-refractivity contribution is -0.155. The minimum Gasteiger partial charge on any atom is -0.490 e. The van der Waals surface area contributed by atoms with Crippen LogP contribution in [0, 0.1) is 0 Å². The van der Waals surface area contributed by atoms with Gasteiger partial charge in [0.2, 0.25) is 0 Å². The van der Waals surface area contributed by atoms with E-state index in [1.165, 1.54) is 0 Å². The Bertz CT molecular complexity index is 467. The summed E-state index contributed by atoms with van der Waals surface area (Å²) < 4.78 is 17.4. The zero-order valence-corrected chi connectivity index (χ0v) is 12.0. The van der Waals surface area contributed by atoms with Crippen LogP contribution in [0.1, 0.15) is 25.7 Å².